The molecule has 0 saturated heterocycles. The van der Waals surface area contributed by atoms with E-state index in [4.69, 9.17) is 11.6 Å². The van der Waals surface area contributed by atoms with Crippen LogP contribution in [-0.4, -0.2) is 25.7 Å². The lowest BCUT2D eigenvalue weighted by Crippen LogP contribution is -2.24. The van der Waals surface area contributed by atoms with Crippen molar-refractivity contribution < 1.29 is 4.79 Å². The predicted octanol–water partition coefficient (Wildman–Crippen LogP) is 4.59. The highest BCUT2D eigenvalue weighted by Crippen LogP contribution is 2.22. The molecule has 0 aliphatic heterocycles. The van der Waals surface area contributed by atoms with Gasteiger partial charge in [-0.3, -0.25) is 4.79 Å². The molecule has 0 atom stereocenters. The van der Waals surface area contributed by atoms with Crippen LogP contribution in [0.3, 0.4) is 0 Å². The summed E-state index contributed by atoms with van der Waals surface area (Å²) in [5, 5.41) is 10.3. The van der Waals surface area contributed by atoms with Gasteiger partial charge < -0.3 is 5.32 Å². The number of nitrogens with one attached hydrogen (secondary N) is 1. The molecule has 146 valence electrons. The van der Waals surface area contributed by atoms with Crippen molar-refractivity contribution in [1.82, 2.24) is 25.1 Å². The van der Waals surface area contributed by atoms with Gasteiger partial charge in [0, 0.05) is 16.6 Å². The number of carbonyl (C=O) groups is 1. The quantitative estimate of drug-likeness (QED) is 0.509. The number of pyridine rings is 1. The fraction of sp³-hybridized carbons (Fsp3) is 0.143. The minimum absolute atomic E-state index is 0.163. The summed E-state index contributed by atoms with van der Waals surface area (Å²) < 4.78 is 1.69. The van der Waals surface area contributed by atoms with Crippen LogP contribution < -0.4 is 5.32 Å². The molecule has 3 heterocycles. The van der Waals surface area contributed by atoms with Crippen LogP contribution >= 0.6 is 22.9 Å². The molecule has 6 nitrogen and oxygen atoms in total. The van der Waals surface area contributed by atoms with E-state index in [2.05, 4.69) is 20.4 Å². The summed E-state index contributed by atoms with van der Waals surface area (Å²) in [6.45, 7) is 4.14. The Bertz CT molecular complexity index is 1170. The number of aryl methyl sites for hydroxylation is 2. The fourth-order valence-corrected chi connectivity index (χ4v) is 3.88. The van der Waals surface area contributed by atoms with Crippen molar-refractivity contribution in [2.24, 2.45) is 0 Å². The molecule has 3 aromatic heterocycles. The number of nitrogens with zero attached hydrogens (tertiary/aromatic N) is 4. The Labute approximate surface area is 177 Å². The first-order valence-electron chi connectivity index (χ1n) is 8.99. The van der Waals surface area contributed by atoms with Gasteiger partial charge in [-0.2, -0.15) is 5.10 Å². The highest BCUT2D eigenvalue weighted by atomic mass is 35.5. The first-order valence-corrected chi connectivity index (χ1v) is 10.3. The largest absolute Gasteiger partial charge is 0.344 e. The van der Waals surface area contributed by atoms with Crippen LogP contribution in [0, 0.1) is 13.8 Å². The Morgan fingerprint density at radius 1 is 1.14 bits per heavy atom. The molecule has 0 saturated carbocycles. The van der Waals surface area contributed by atoms with Gasteiger partial charge in [-0.05, 0) is 32.0 Å². The molecule has 4 aromatic rings. The number of benzene rings is 1. The van der Waals surface area contributed by atoms with Crippen LogP contribution in [0.5, 0.6) is 0 Å². The Hall–Kier alpha value is -3.03. The maximum atomic E-state index is 12.7. The molecule has 0 bridgehead atoms. The van der Waals surface area contributed by atoms with Gasteiger partial charge in [0.1, 0.15) is 10.7 Å². The van der Waals surface area contributed by atoms with Crippen molar-refractivity contribution in [3.8, 4) is 17.1 Å². The predicted molar refractivity (Wildman–Crippen MR) is 115 cm³/mol. The van der Waals surface area contributed by atoms with Crippen LogP contribution in [0.2, 0.25) is 5.02 Å². The van der Waals surface area contributed by atoms with Crippen molar-refractivity contribution in [3.63, 3.8) is 0 Å². The topological polar surface area (TPSA) is 72.7 Å². The lowest BCUT2D eigenvalue weighted by molar-refractivity contribution is 0.0946. The maximum Gasteiger partial charge on any atom is 0.271 e. The average Bonchev–Trinajstić information content (AvgIpc) is 3.33. The average molecular weight is 424 g/mol. The number of amides is 1. The highest BCUT2D eigenvalue weighted by molar-refractivity contribution is 7.09. The molecule has 0 radical (unpaired) electrons. The molecule has 0 unspecified atom stereocenters. The molecular weight excluding hydrogens is 406 g/mol. The zero-order valence-electron chi connectivity index (χ0n) is 15.9. The lowest BCUT2D eigenvalue weighted by Gasteiger charge is -2.08. The van der Waals surface area contributed by atoms with E-state index in [1.54, 1.807) is 16.8 Å². The van der Waals surface area contributed by atoms with E-state index in [-0.39, 0.29) is 16.6 Å². The monoisotopic (exact) mass is 423 g/mol. The first-order chi connectivity index (χ1) is 14.0. The van der Waals surface area contributed by atoms with Gasteiger partial charge in [0.05, 0.1) is 23.0 Å². The maximum absolute atomic E-state index is 12.7. The summed E-state index contributed by atoms with van der Waals surface area (Å²) in [5.41, 5.74) is 3.91. The second kappa shape index (κ2) is 8.14. The van der Waals surface area contributed by atoms with Crippen molar-refractivity contribution >= 4 is 28.8 Å². The van der Waals surface area contributed by atoms with Gasteiger partial charge in [0.2, 0.25) is 0 Å². The van der Waals surface area contributed by atoms with Crippen molar-refractivity contribution in [1.29, 1.82) is 0 Å². The van der Waals surface area contributed by atoms with E-state index in [0.717, 1.165) is 27.7 Å². The van der Waals surface area contributed by atoms with Gasteiger partial charge >= 0.3 is 0 Å². The van der Waals surface area contributed by atoms with Gasteiger partial charge in [-0.25, -0.2) is 14.6 Å². The third kappa shape index (κ3) is 4.21. The van der Waals surface area contributed by atoms with Crippen molar-refractivity contribution in [2.75, 3.05) is 0 Å². The van der Waals surface area contributed by atoms with E-state index in [1.165, 1.54) is 11.3 Å². The second-order valence-electron chi connectivity index (χ2n) is 6.51. The van der Waals surface area contributed by atoms with Crippen LogP contribution in [0.25, 0.3) is 17.1 Å². The van der Waals surface area contributed by atoms with Crippen LogP contribution in [0.4, 0.5) is 0 Å². The molecule has 1 aromatic carbocycles. The second-order valence-corrected chi connectivity index (χ2v) is 7.86. The zero-order valence-corrected chi connectivity index (χ0v) is 17.5. The summed E-state index contributed by atoms with van der Waals surface area (Å²) >= 11 is 7.72. The molecule has 0 aliphatic rings. The number of carbonyl (C=O) groups excluding carboxylic acids is 1. The standard InChI is InChI=1S/C21H18ClN5OS/c1-13-10-14(2)27(26-13)18-9-8-16(22)20(25-18)21(28)23-11-19-24-17(12-29-19)15-6-4-3-5-7-15/h3-10,12H,11H2,1-2H3,(H,23,28). The molecular formula is C21H18ClN5OS. The number of hydrogen-bond donors (Lipinski definition) is 1. The summed E-state index contributed by atoms with van der Waals surface area (Å²) in [6.07, 6.45) is 0. The van der Waals surface area contributed by atoms with Gasteiger partial charge in [0.15, 0.2) is 5.82 Å². The van der Waals surface area contributed by atoms with Crippen molar-refractivity contribution in [3.05, 3.63) is 81.0 Å². The normalized spacial score (nSPS) is 10.9. The van der Waals surface area contributed by atoms with Gasteiger partial charge in [-0.15, -0.1) is 11.3 Å². The molecule has 0 aliphatic carbocycles. The Morgan fingerprint density at radius 2 is 1.93 bits per heavy atom. The molecule has 8 heteroatoms. The highest BCUT2D eigenvalue weighted by Gasteiger charge is 2.16. The minimum atomic E-state index is -0.352. The molecule has 0 spiro atoms. The van der Waals surface area contributed by atoms with Gasteiger partial charge in [-0.1, -0.05) is 41.9 Å². The Morgan fingerprint density at radius 3 is 2.66 bits per heavy atom. The summed E-state index contributed by atoms with van der Waals surface area (Å²) in [5.74, 6) is 0.195. The number of thiazole rings is 1. The summed E-state index contributed by atoms with van der Waals surface area (Å²) in [6, 6.07) is 15.3. The molecule has 0 fully saturated rings. The number of halogens is 1. The minimum Gasteiger partial charge on any atom is -0.344 e. The van der Waals surface area contributed by atoms with Gasteiger partial charge in [0.25, 0.3) is 5.91 Å². The smallest absolute Gasteiger partial charge is 0.271 e. The summed E-state index contributed by atoms with van der Waals surface area (Å²) in [7, 11) is 0. The molecule has 1 N–H and O–H groups in total. The van der Waals surface area contributed by atoms with Crippen LogP contribution in [0.1, 0.15) is 26.9 Å². The van der Waals surface area contributed by atoms with Crippen LogP contribution in [0.15, 0.2) is 53.9 Å². The fourth-order valence-electron chi connectivity index (χ4n) is 2.94. The van der Waals surface area contributed by atoms with E-state index >= 15 is 0 Å². The summed E-state index contributed by atoms with van der Waals surface area (Å²) in [4.78, 5) is 21.7. The lowest BCUT2D eigenvalue weighted by atomic mass is 10.2. The zero-order chi connectivity index (χ0) is 20.4. The molecule has 4 rings (SSSR count). The Kier molecular flexibility index (Phi) is 5.42. The van der Waals surface area contributed by atoms with E-state index in [0.29, 0.717) is 12.4 Å². The Balaban J connectivity index is 1.50. The molecule has 29 heavy (non-hydrogen) atoms. The van der Waals surface area contributed by atoms with Crippen LogP contribution in [-0.2, 0) is 6.54 Å². The van der Waals surface area contributed by atoms with E-state index in [9.17, 15) is 4.79 Å². The molecule has 1 amide bonds. The van der Waals surface area contributed by atoms with E-state index in [1.807, 2.05) is 55.6 Å². The SMILES string of the molecule is Cc1cc(C)n(-c2ccc(Cl)c(C(=O)NCc3nc(-c4ccccc4)cs3)n2)n1. The third-order valence-corrected chi connectivity index (χ3v) is 5.45. The third-order valence-electron chi connectivity index (χ3n) is 4.29. The number of rotatable bonds is 5. The number of aromatic nitrogens is 4. The van der Waals surface area contributed by atoms with Crippen molar-refractivity contribution in [2.45, 2.75) is 20.4 Å². The first kappa shape index (κ1) is 19.3. The number of hydrogen-bond acceptors (Lipinski definition) is 5. The van der Waals surface area contributed by atoms with E-state index < -0.39 is 0 Å².